The van der Waals surface area contributed by atoms with Crippen molar-refractivity contribution >= 4 is 12.1 Å². The molecule has 1 heterocycles. The van der Waals surface area contributed by atoms with Crippen LogP contribution in [0.3, 0.4) is 0 Å². The van der Waals surface area contributed by atoms with E-state index in [1.807, 2.05) is 66.2 Å². The molecule has 6 nitrogen and oxygen atoms in total. The maximum absolute atomic E-state index is 11.7. The second-order valence-electron chi connectivity index (χ2n) is 5.46. The highest BCUT2D eigenvalue weighted by atomic mass is 16.5. The van der Waals surface area contributed by atoms with Crippen molar-refractivity contribution in [2.45, 2.75) is 6.92 Å². The third-order valence-corrected chi connectivity index (χ3v) is 3.46. The molecular weight excluding hydrogens is 316 g/mol. The van der Waals surface area contributed by atoms with Crippen molar-refractivity contribution in [1.82, 2.24) is 15.0 Å². The Bertz CT molecular complexity index is 855. The maximum Gasteiger partial charge on any atom is 0.277 e. The first-order valence-electron chi connectivity index (χ1n) is 7.80. The van der Waals surface area contributed by atoms with Crippen LogP contribution in [0.25, 0.3) is 5.69 Å². The summed E-state index contributed by atoms with van der Waals surface area (Å²) in [5.41, 5.74) is 5.41. The van der Waals surface area contributed by atoms with Crippen LogP contribution in [-0.4, -0.2) is 28.3 Å². The number of carbonyl (C=O) groups is 1. The van der Waals surface area contributed by atoms with Gasteiger partial charge in [0.2, 0.25) is 0 Å². The third kappa shape index (κ3) is 4.78. The molecule has 0 unspecified atom stereocenters. The first kappa shape index (κ1) is 16.4. The predicted octanol–water partition coefficient (Wildman–Crippen LogP) is 2.71. The van der Waals surface area contributed by atoms with Crippen LogP contribution in [0.15, 0.2) is 72.4 Å². The minimum Gasteiger partial charge on any atom is -0.484 e. The van der Waals surface area contributed by atoms with Crippen LogP contribution >= 0.6 is 0 Å². The van der Waals surface area contributed by atoms with Gasteiger partial charge in [-0.15, -0.1) is 0 Å². The number of hydrazone groups is 1. The zero-order valence-corrected chi connectivity index (χ0v) is 13.8. The second kappa shape index (κ2) is 7.92. The summed E-state index contributed by atoms with van der Waals surface area (Å²) < 4.78 is 7.32. The number of hydrogen-bond acceptors (Lipinski definition) is 4. The van der Waals surface area contributed by atoms with Crippen molar-refractivity contribution in [1.29, 1.82) is 0 Å². The number of imidazole rings is 1. The topological polar surface area (TPSA) is 68.5 Å². The lowest BCUT2D eigenvalue weighted by Gasteiger charge is -2.05. The van der Waals surface area contributed by atoms with Crippen LogP contribution in [0.5, 0.6) is 5.75 Å². The number of aryl methyl sites for hydroxylation is 1. The summed E-state index contributed by atoms with van der Waals surface area (Å²) in [6, 6.07) is 15.3. The van der Waals surface area contributed by atoms with E-state index >= 15 is 0 Å². The van der Waals surface area contributed by atoms with E-state index in [4.69, 9.17) is 4.74 Å². The number of nitrogens with zero attached hydrogens (tertiary/aromatic N) is 3. The Morgan fingerprint density at radius 3 is 2.84 bits per heavy atom. The molecular formula is C19H18N4O2. The number of aromatic nitrogens is 2. The van der Waals surface area contributed by atoms with Crippen LogP contribution in [0, 0.1) is 6.92 Å². The fourth-order valence-corrected chi connectivity index (χ4v) is 2.21. The third-order valence-electron chi connectivity index (χ3n) is 3.46. The molecule has 0 aliphatic heterocycles. The Morgan fingerprint density at radius 2 is 2.12 bits per heavy atom. The maximum atomic E-state index is 11.7. The Labute approximate surface area is 145 Å². The molecule has 0 aliphatic carbocycles. The van der Waals surface area contributed by atoms with E-state index < -0.39 is 0 Å². The smallest absolute Gasteiger partial charge is 0.277 e. The Kier molecular flexibility index (Phi) is 5.21. The molecule has 0 spiro atoms. The van der Waals surface area contributed by atoms with E-state index in [1.165, 1.54) is 0 Å². The van der Waals surface area contributed by atoms with Gasteiger partial charge in [0.1, 0.15) is 5.75 Å². The molecule has 0 bridgehead atoms. The van der Waals surface area contributed by atoms with E-state index in [0.717, 1.165) is 16.8 Å². The molecule has 0 saturated heterocycles. The van der Waals surface area contributed by atoms with Gasteiger partial charge in [-0.3, -0.25) is 4.79 Å². The number of nitrogens with one attached hydrogen (secondary N) is 1. The molecule has 0 aliphatic rings. The highest BCUT2D eigenvalue weighted by Crippen LogP contribution is 2.12. The zero-order valence-electron chi connectivity index (χ0n) is 13.8. The van der Waals surface area contributed by atoms with E-state index in [2.05, 4.69) is 15.5 Å². The SMILES string of the molecule is Cc1cccc(OCC(=O)N/N=C/c2ccc(-n3ccnc3)cc2)c1. The highest BCUT2D eigenvalue weighted by molar-refractivity contribution is 5.83. The minimum atomic E-state index is -0.312. The molecule has 0 fully saturated rings. The lowest BCUT2D eigenvalue weighted by atomic mass is 10.2. The first-order valence-corrected chi connectivity index (χ1v) is 7.80. The van der Waals surface area contributed by atoms with Gasteiger partial charge in [0.15, 0.2) is 6.61 Å². The lowest BCUT2D eigenvalue weighted by molar-refractivity contribution is -0.123. The number of rotatable bonds is 6. The number of benzene rings is 2. The summed E-state index contributed by atoms with van der Waals surface area (Å²) in [5, 5.41) is 3.94. The van der Waals surface area contributed by atoms with Gasteiger partial charge < -0.3 is 9.30 Å². The minimum absolute atomic E-state index is 0.0830. The average Bonchev–Trinajstić information content (AvgIpc) is 3.15. The van der Waals surface area contributed by atoms with Crippen LogP contribution in [-0.2, 0) is 4.79 Å². The zero-order chi connectivity index (χ0) is 17.5. The summed E-state index contributed by atoms with van der Waals surface area (Å²) in [6.45, 7) is 1.88. The number of amides is 1. The molecule has 1 amide bonds. The molecule has 2 aromatic carbocycles. The van der Waals surface area contributed by atoms with Gasteiger partial charge in [-0.2, -0.15) is 5.10 Å². The molecule has 3 aromatic rings. The van der Waals surface area contributed by atoms with Crippen molar-refractivity contribution in [2.75, 3.05) is 6.61 Å². The van der Waals surface area contributed by atoms with Gasteiger partial charge in [0.05, 0.1) is 12.5 Å². The largest absolute Gasteiger partial charge is 0.484 e. The Morgan fingerprint density at radius 1 is 1.28 bits per heavy atom. The van der Waals surface area contributed by atoms with Crippen molar-refractivity contribution in [3.63, 3.8) is 0 Å². The Hall–Kier alpha value is -3.41. The van der Waals surface area contributed by atoms with Crippen molar-refractivity contribution < 1.29 is 9.53 Å². The fourth-order valence-electron chi connectivity index (χ4n) is 2.21. The summed E-state index contributed by atoms with van der Waals surface area (Å²) in [6.07, 6.45) is 6.92. The van der Waals surface area contributed by atoms with Crippen LogP contribution in [0.1, 0.15) is 11.1 Å². The number of carbonyl (C=O) groups excluding carboxylic acids is 1. The van der Waals surface area contributed by atoms with Crippen LogP contribution in [0.2, 0.25) is 0 Å². The molecule has 0 atom stereocenters. The normalized spacial score (nSPS) is 10.8. The first-order chi connectivity index (χ1) is 12.2. The van der Waals surface area contributed by atoms with Crippen LogP contribution < -0.4 is 10.2 Å². The molecule has 126 valence electrons. The molecule has 1 N–H and O–H groups in total. The summed E-state index contributed by atoms with van der Waals surface area (Å²) in [5.74, 6) is 0.349. The summed E-state index contributed by atoms with van der Waals surface area (Å²) in [4.78, 5) is 15.8. The molecule has 1 aromatic heterocycles. The van der Waals surface area contributed by atoms with Crippen LogP contribution in [0.4, 0.5) is 0 Å². The monoisotopic (exact) mass is 334 g/mol. The van der Waals surface area contributed by atoms with Crippen molar-refractivity contribution in [2.24, 2.45) is 5.10 Å². The van der Waals surface area contributed by atoms with Crippen molar-refractivity contribution in [3.05, 3.63) is 78.4 Å². The number of hydrogen-bond donors (Lipinski definition) is 1. The highest BCUT2D eigenvalue weighted by Gasteiger charge is 2.01. The molecule has 0 radical (unpaired) electrons. The molecule has 25 heavy (non-hydrogen) atoms. The molecule has 6 heteroatoms. The van der Waals surface area contributed by atoms with E-state index in [0.29, 0.717) is 5.75 Å². The summed E-state index contributed by atoms with van der Waals surface area (Å²) in [7, 11) is 0. The van der Waals surface area contributed by atoms with E-state index in [-0.39, 0.29) is 12.5 Å². The van der Waals surface area contributed by atoms with Crippen molar-refractivity contribution in [3.8, 4) is 11.4 Å². The van der Waals surface area contributed by atoms with Gasteiger partial charge in [-0.1, -0.05) is 24.3 Å². The Balaban J connectivity index is 1.48. The quantitative estimate of drug-likeness (QED) is 0.557. The lowest BCUT2D eigenvalue weighted by Crippen LogP contribution is -2.24. The van der Waals surface area contributed by atoms with Gasteiger partial charge >= 0.3 is 0 Å². The van der Waals surface area contributed by atoms with Gasteiger partial charge in [0.25, 0.3) is 5.91 Å². The van der Waals surface area contributed by atoms with E-state index in [9.17, 15) is 4.79 Å². The second-order valence-corrected chi connectivity index (χ2v) is 5.46. The molecule has 0 saturated carbocycles. The summed E-state index contributed by atoms with van der Waals surface area (Å²) >= 11 is 0. The fraction of sp³-hybridized carbons (Fsp3) is 0.105. The standard InChI is InChI=1S/C19H18N4O2/c1-15-3-2-4-18(11-15)25-13-19(24)22-21-12-16-5-7-17(8-6-16)23-10-9-20-14-23/h2-12,14H,13H2,1H3,(H,22,24)/b21-12+. The van der Waals surface area contributed by atoms with Gasteiger partial charge in [0, 0.05) is 18.1 Å². The van der Waals surface area contributed by atoms with E-state index in [1.54, 1.807) is 18.7 Å². The predicted molar refractivity (Wildman–Crippen MR) is 96.0 cm³/mol. The average molecular weight is 334 g/mol. The molecule has 3 rings (SSSR count). The number of ether oxygens (including phenoxy) is 1. The van der Waals surface area contributed by atoms with Gasteiger partial charge in [-0.25, -0.2) is 10.4 Å². The van der Waals surface area contributed by atoms with Gasteiger partial charge in [-0.05, 0) is 42.3 Å².